The molecule has 1 aromatic carbocycles. The summed E-state index contributed by atoms with van der Waals surface area (Å²) in [6, 6.07) is 3.67. The molecule has 1 aromatic rings. The summed E-state index contributed by atoms with van der Waals surface area (Å²) in [5.74, 6) is -0.865. The Hall–Kier alpha value is -1.45. The molecule has 1 heterocycles. The van der Waals surface area contributed by atoms with Crippen molar-refractivity contribution in [2.24, 2.45) is 0 Å². The van der Waals surface area contributed by atoms with Gasteiger partial charge in [-0.05, 0) is 45.3 Å². The molecule has 0 amide bonds. The van der Waals surface area contributed by atoms with Gasteiger partial charge in [0.25, 0.3) is 0 Å². The van der Waals surface area contributed by atoms with Crippen molar-refractivity contribution >= 4 is 30.1 Å². The highest BCUT2D eigenvalue weighted by Gasteiger charge is 2.52. The maximum atomic E-state index is 14.3. The van der Waals surface area contributed by atoms with Gasteiger partial charge in [0, 0.05) is 12.7 Å². The zero-order valence-electron chi connectivity index (χ0n) is 15.8. The third kappa shape index (κ3) is 5.30. The number of thioether (sulfide) groups is 1. The van der Waals surface area contributed by atoms with Crippen molar-refractivity contribution in [1.82, 2.24) is 0 Å². The Labute approximate surface area is 161 Å². The number of rotatable bonds is 6. The van der Waals surface area contributed by atoms with Gasteiger partial charge < -0.3 is 14.0 Å². The molecule has 0 N–H and O–H groups in total. The van der Waals surface area contributed by atoms with Crippen LogP contribution in [0.2, 0.25) is 0 Å². The Morgan fingerprint density at radius 1 is 1.26 bits per heavy atom. The topological polar surface area (TPSA) is 44.8 Å². The minimum atomic E-state index is -3.09. The Morgan fingerprint density at radius 2 is 1.85 bits per heavy atom. The number of benzene rings is 1. The van der Waals surface area contributed by atoms with Crippen molar-refractivity contribution in [2.45, 2.75) is 52.4 Å². The first-order valence-corrected chi connectivity index (χ1v) is 9.34. The van der Waals surface area contributed by atoms with E-state index in [0.29, 0.717) is 5.47 Å². The number of carbonyl (C=O) groups is 1. The normalized spacial score (nSPS) is 18.9. The minimum Gasteiger partial charge on any atom is -0.434 e. The van der Waals surface area contributed by atoms with Crippen molar-refractivity contribution in [3.8, 4) is 5.75 Å². The monoisotopic (exact) mass is 402 g/mol. The Kier molecular flexibility index (Phi) is 6.70. The van der Waals surface area contributed by atoms with Gasteiger partial charge in [0.05, 0.1) is 16.8 Å². The number of halogens is 3. The minimum absolute atomic E-state index is 0.144. The zero-order valence-corrected chi connectivity index (χ0v) is 16.7. The van der Waals surface area contributed by atoms with Crippen LogP contribution in [-0.2, 0) is 14.1 Å². The lowest BCUT2D eigenvalue weighted by atomic mass is 9.78. The Balaban J connectivity index is 2.45. The average Bonchev–Trinajstić information content (AvgIpc) is 2.73. The van der Waals surface area contributed by atoms with Gasteiger partial charge in [-0.2, -0.15) is 8.78 Å². The summed E-state index contributed by atoms with van der Waals surface area (Å²) in [6.07, 6.45) is 1.35. The molecule has 2 rings (SSSR count). The molecule has 148 valence electrons. The molecule has 0 aliphatic carbocycles. The van der Waals surface area contributed by atoms with Crippen molar-refractivity contribution in [3.63, 3.8) is 0 Å². The molecule has 0 spiro atoms. The first kappa shape index (κ1) is 21.9. The van der Waals surface area contributed by atoms with Gasteiger partial charge in [0.2, 0.25) is 0 Å². The summed E-state index contributed by atoms with van der Waals surface area (Å²) in [6.45, 7) is 5.75. The second kappa shape index (κ2) is 8.28. The van der Waals surface area contributed by atoms with E-state index in [4.69, 9.17) is 9.31 Å². The molecule has 1 aliphatic heterocycles. The van der Waals surface area contributed by atoms with Gasteiger partial charge >= 0.3 is 13.7 Å². The van der Waals surface area contributed by atoms with Crippen LogP contribution in [0, 0.1) is 5.82 Å². The van der Waals surface area contributed by atoms with Crippen LogP contribution in [0.1, 0.15) is 40.2 Å². The maximum Gasteiger partial charge on any atom is 0.491 e. The highest BCUT2D eigenvalue weighted by Crippen LogP contribution is 2.40. The van der Waals surface area contributed by atoms with Crippen LogP contribution in [-0.4, -0.2) is 35.8 Å². The average molecular weight is 402 g/mol. The fourth-order valence-corrected chi connectivity index (χ4v) is 2.99. The first-order valence-electron chi connectivity index (χ1n) is 8.36. The maximum absolute atomic E-state index is 14.3. The molecule has 1 saturated heterocycles. The number of hydrogen-bond donors (Lipinski definition) is 0. The van der Waals surface area contributed by atoms with E-state index in [9.17, 15) is 18.0 Å². The highest BCUT2D eigenvalue weighted by atomic mass is 32.2. The smallest absolute Gasteiger partial charge is 0.434 e. The van der Waals surface area contributed by atoms with Crippen LogP contribution >= 0.6 is 11.8 Å². The van der Waals surface area contributed by atoms with Crippen LogP contribution in [0.25, 0.3) is 6.08 Å². The fraction of sp³-hybridized carbons (Fsp3) is 0.500. The second-order valence-electron chi connectivity index (χ2n) is 7.12. The number of hydrogen-bond acceptors (Lipinski definition) is 5. The van der Waals surface area contributed by atoms with Gasteiger partial charge in [-0.25, -0.2) is 4.39 Å². The molecule has 0 saturated carbocycles. The number of ether oxygens (including phenoxy) is 1. The van der Waals surface area contributed by atoms with E-state index >= 15 is 0 Å². The zero-order chi connectivity index (χ0) is 20.4. The molecule has 0 unspecified atom stereocenters. The molecular formula is C18H22BF3O4S. The number of alkyl halides is 2. The predicted octanol–water partition coefficient (Wildman–Crippen LogP) is 4.72. The molecule has 1 fully saturated rings. The van der Waals surface area contributed by atoms with Crippen molar-refractivity contribution < 1.29 is 32.0 Å². The van der Waals surface area contributed by atoms with E-state index in [2.05, 4.69) is 4.74 Å². The lowest BCUT2D eigenvalue weighted by Gasteiger charge is -2.32. The molecule has 0 atom stereocenters. The summed E-state index contributed by atoms with van der Waals surface area (Å²) in [5, 5.41) is -0.144. The lowest BCUT2D eigenvalue weighted by molar-refractivity contribution is -0.109. The van der Waals surface area contributed by atoms with Crippen LogP contribution in [0.4, 0.5) is 13.2 Å². The van der Waals surface area contributed by atoms with E-state index in [1.54, 1.807) is 0 Å². The number of carbonyl (C=O) groups excluding carboxylic acids is 1. The SMILES string of the molecule is CC(=O)SCC(=Cc1c(F)cccc1OC(F)F)B1OC(C)(C)C(C)(C)O1. The van der Waals surface area contributed by atoms with E-state index in [0.717, 1.165) is 17.8 Å². The van der Waals surface area contributed by atoms with Crippen LogP contribution in [0.5, 0.6) is 5.75 Å². The van der Waals surface area contributed by atoms with Gasteiger partial charge in [0.15, 0.2) is 5.12 Å². The van der Waals surface area contributed by atoms with Crippen molar-refractivity contribution in [3.05, 3.63) is 35.1 Å². The van der Waals surface area contributed by atoms with Gasteiger partial charge in [0.1, 0.15) is 11.6 Å². The summed E-state index contributed by atoms with van der Waals surface area (Å²) in [7, 11) is -0.846. The summed E-state index contributed by atoms with van der Waals surface area (Å²) >= 11 is 0.993. The van der Waals surface area contributed by atoms with Crippen LogP contribution in [0.3, 0.4) is 0 Å². The molecule has 9 heteroatoms. The van der Waals surface area contributed by atoms with Crippen LogP contribution < -0.4 is 4.74 Å². The third-order valence-corrected chi connectivity index (χ3v) is 5.44. The molecular weight excluding hydrogens is 380 g/mol. The third-order valence-electron chi connectivity index (χ3n) is 4.56. The summed E-state index contributed by atoms with van der Waals surface area (Å²) in [4.78, 5) is 11.4. The fourth-order valence-electron chi connectivity index (χ4n) is 2.40. The van der Waals surface area contributed by atoms with E-state index in [-0.39, 0.29) is 22.2 Å². The molecule has 1 aliphatic rings. The van der Waals surface area contributed by atoms with Gasteiger partial charge in [-0.15, -0.1) is 0 Å². The first-order chi connectivity index (χ1) is 12.4. The quantitative estimate of drug-likeness (QED) is 0.645. The standard InChI is InChI=1S/C18H22BF3O4S/c1-11(23)27-10-12(19-25-17(2,3)18(4,5)26-19)9-13-14(20)7-6-8-15(13)24-16(21)22/h6-9,16H,10H2,1-5H3. The Bertz CT molecular complexity index is 721. The Morgan fingerprint density at radius 3 is 2.37 bits per heavy atom. The van der Waals surface area contributed by atoms with E-state index < -0.39 is 30.7 Å². The second-order valence-corrected chi connectivity index (χ2v) is 8.27. The molecule has 0 bridgehead atoms. The van der Waals surface area contributed by atoms with Crippen molar-refractivity contribution in [1.29, 1.82) is 0 Å². The van der Waals surface area contributed by atoms with E-state index in [1.807, 2.05) is 27.7 Å². The summed E-state index contributed by atoms with van der Waals surface area (Å²) in [5.41, 5.74) is -0.991. The highest BCUT2D eigenvalue weighted by molar-refractivity contribution is 8.13. The van der Waals surface area contributed by atoms with Gasteiger partial charge in [-0.3, -0.25) is 4.79 Å². The van der Waals surface area contributed by atoms with Gasteiger partial charge in [-0.1, -0.05) is 23.9 Å². The molecule has 0 aromatic heterocycles. The van der Waals surface area contributed by atoms with E-state index in [1.165, 1.54) is 25.1 Å². The molecule has 27 heavy (non-hydrogen) atoms. The van der Waals surface area contributed by atoms with Crippen molar-refractivity contribution in [2.75, 3.05) is 5.75 Å². The predicted molar refractivity (Wildman–Crippen MR) is 100 cm³/mol. The molecule has 0 radical (unpaired) electrons. The van der Waals surface area contributed by atoms with Crippen LogP contribution in [0.15, 0.2) is 23.7 Å². The molecule has 4 nitrogen and oxygen atoms in total. The largest absolute Gasteiger partial charge is 0.491 e. The lowest BCUT2D eigenvalue weighted by Crippen LogP contribution is -2.41. The summed E-state index contributed by atoms with van der Waals surface area (Å²) < 4.78 is 56.0.